The van der Waals surface area contributed by atoms with Gasteiger partial charge >= 0.3 is 0 Å². The van der Waals surface area contributed by atoms with Gasteiger partial charge in [0.15, 0.2) is 0 Å². The molecule has 0 saturated carbocycles. The SMILES string of the molecule is CCC(C)Nc1ccc(N=Nc2ccc(N=Nc3ccc(N=Nc4ccc(F)cc4)cc3)c3ccccc23)c2ccccc12. The van der Waals surface area contributed by atoms with Crippen LogP contribution in [0.25, 0.3) is 21.5 Å². The molecule has 0 bridgehead atoms. The normalized spacial score (nSPS) is 12.6. The van der Waals surface area contributed by atoms with Crippen LogP contribution in [0.2, 0.25) is 0 Å². The van der Waals surface area contributed by atoms with Crippen molar-refractivity contribution in [3.63, 3.8) is 0 Å². The molecule has 1 atom stereocenters. The predicted octanol–water partition coefficient (Wildman–Crippen LogP) is 12.6. The van der Waals surface area contributed by atoms with Gasteiger partial charge in [0.25, 0.3) is 0 Å². The van der Waals surface area contributed by atoms with Crippen LogP contribution in [-0.2, 0) is 0 Å². The first kappa shape index (κ1) is 28.5. The standard InChI is InChI=1S/C36H30FN7/c1-3-24(2)38-33-20-21-35(30-9-5-4-8-29(30)33)43-44-36-23-22-34(31-10-6-7-11-32(31)36)42-41-28-18-16-27(17-19-28)40-39-26-14-12-25(37)13-15-26/h4-24,38H,3H2,1-2H3. The molecule has 0 amide bonds. The smallest absolute Gasteiger partial charge is 0.123 e. The Morgan fingerprint density at radius 1 is 0.500 bits per heavy atom. The number of halogens is 1. The maximum absolute atomic E-state index is 13.1. The minimum absolute atomic E-state index is 0.310. The summed E-state index contributed by atoms with van der Waals surface area (Å²) in [7, 11) is 0. The molecule has 0 saturated heterocycles. The zero-order valence-electron chi connectivity index (χ0n) is 24.4. The number of benzene rings is 6. The highest BCUT2D eigenvalue weighted by molar-refractivity contribution is 6.01. The molecule has 7 nitrogen and oxygen atoms in total. The highest BCUT2D eigenvalue weighted by Gasteiger charge is 2.09. The molecule has 1 unspecified atom stereocenters. The van der Waals surface area contributed by atoms with Crippen molar-refractivity contribution in [1.82, 2.24) is 0 Å². The van der Waals surface area contributed by atoms with Gasteiger partial charge in [0.2, 0.25) is 0 Å². The van der Waals surface area contributed by atoms with Gasteiger partial charge in [0.05, 0.1) is 34.1 Å². The average Bonchev–Trinajstić information content (AvgIpc) is 3.07. The molecule has 6 aromatic carbocycles. The summed E-state index contributed by atoms with van der Waals surface area (Å²) in [5.74, 6) is -0.310. The third-order valence-electron chi connectivity index (χ3n) is 7.29. The molecule has 44 heavy (non-hydrogen) atoms. The first-order chi connectivity index (χ1) is 21.6. The molecular weight excluding hydrogens is 549 g/mol. The van der Waals surface area contributed by atoms with E-state index in [1.165, 1.54) is 12.1 Å². The van der Waals surface area contributed by atoms with Gasteiger partial charge in [-0.1, -0.05) is 55.5 Å². The molecule has 0 aromatic heterocycles. The Balaban J connectivity index is 1.23. The Hall–Kier alpha value is -5.63. The molecule has 0 fully saturated rings. The second-order valence-electron chi connectivity index (χ2n) is 10.4. The van der Waals surface area contributed by atoms with Crippen molar-refractivity contribution < 1.29 is 4.39 Å². The van der Waals surface area contributed by atoms with Crippen molar-refractivity contribution in [1.29, 1.82) is 0 Å². The van der Waals surface area contributed by atoms with E-state index < -0.39 is 0 Å². The van der Waals surface area contributed by atoms with Crippen LogP contribution < -0.4 is 5.32 Å². The lowest BCUT2D eigenvalue weighted by molar-refractivity contribution is 0.628. The van der Waals surface area contributed by atoms with Crippen molar-refractivity contribution >= 4 is 61.4 Å². The minimum atomic E-state index is -0.310. The molecule has 0 aliphatic rings. The highest BCUT2D eigenvalue weighted by atomic mass is 19.1. The van der Waals surface area contributed by atoms with E-state index in [9.17, 15) is 4.39 Å². The van der Waals surface area contributed by atoms with Crippen LogP contribution in [0, 0.1) is 5.82 Å². The summed E-state index contributed by atoms with van der Waals surface area (Å²) < 4.78 is 13.1. The molecule has 6 rings (SSSR count). The molecule has 0 heterocycles. The Labute approximate surface area is 254 Å². The fourth-order valence-corrected chi connectivity index (χ4v) is 4.73. The fraction of sp³-hybridized carbons (Fsp3) is 0.111. The Morgan fingerprint density at radius 2 is 0.886 bits per heavy atom. The molecule has 8 heteroatoms. The van der Waals surface area contributed by atoms with Gasteiger partial charge in [0.1, 0.15) is 5.82 Å². The Kier molecular flexibility index (Phi) is 8.50. The molecule has 216 valence electrons. The number of nitrogens with one attached hydrogen (secondary N) is 1. The molecular formula is C36H30FN7. The number of hydrogen-bond acceptors (Lipinski definition) is 7. The van der Waals surface area contributed by atoms with Gasteiger partial charge in [-0.25, -0.2) is 4.39 Å². The second-order valence-corrected chi connectivity index (χ2v) is 10.4. The van der Waals surface area contributed by atoms with Gasteiger partial charge in [-0.15, -0.1) is 15.3 Å². The Morgan fingerprint density at radius 3 is 1.39 bits per heavy atom. The van der Waals surface area contributed by atoms with E-state index in [2.05, 4.69) is 68.0 Å². The van der Waals surface area contributed by atoms with Gasteiger partial charge in [-0.05, 0) is 86.1 Å². The first-order valence-corrected chi connectivity index (χ1v) is 14.5. The first-order valence-electron chi connectivity index (χ1n) is 14.5. The maximum atomic E-state index is 13.1. The second kappa shape index (κ2) is 13.1. The van der Waals surface area contributed by atoms with Gasteiger partial charge in [-0.3, -0.25) is 0 Å². The summed E-state index contributed by atoms with van der Waals surface area (Å²) in [6.07, 6.45) is 1.04. The zero-order valence-corrected chi connectivity index (χ0v) is 24.4. The summed E-state index contributed by atoms with van der Waals surface area (Å²) in [5.41, 5.74) is 5.29. The summed E-state index contributed by atoms with van der Waals surface area (Å²) in [5, 5.41) is 34.3. The van der Waals surface area contributed by atoms with Crippen LogP contribution >= 0.6 is 0 Å². The number of anilines is 1. The van der Waals surface area contributed by atoms with Gasteiger partial charge in [-0.2, -0.15) is 15.3 Å². The van der Waals surface area contributed by atoms with Crippen molar-refractivity contribution in [3.05, 3.63) is 127 Å². The van der Waals surface area contributed by atoms with Crippen molar-refractivity contribution in [2.24, 2.45) is 30.7 Å². The lowest BCUT2D eigenvalue weighted by Gasteiger charge is -2.15. The number of nitrogens with zero attached hydrogens (tertiary/aromatic N) is 6. The van der Waals surface area contributed by atoms with Gasteiger partial charge in [0, 0.05) is 33.3 Å². The predicted molar refractivity (Wildman–Crippen MR) is 177 cm³/mol. The summed E-state index contributed by atoms with van der Waals surface area (Å²) in [4.78, 5) is 0. The summed E-state index contributed by atoms with van der Waals surface area (Å²) in [6, 6.07) is 37.6. The van der Waals surface area contributed by atoms with E-state index in [4.69, 9.17) is 0 Å². The number of hydrogen-bond donors (Lipinski definition) is 1. The van der Waals surface area contributed by atoms with Crippen molar-refractivity contribution in [3.8, 4) is 0 Å². The van der Waals surface area contributed by atoms with Crippen LogP contribution in [0.5, 0.6) is 0 Å². The van der Waals surface area contributed by atoms with Crippen LogP contribution in [0.4, 0.5) is 44.2 Å². The quantitative estimate of drug-likeness (QED) is 0.170. The molecule has 0 aliphatic carbocycles. The number of azo groups is 3. The number of rotatable bonds is 9. The van der Waals surface area contributed by atoms with E-state index in [0.717, 1.165) is 50.7 Å². The van der Waals surface area contributed by atoms with E-state index >= 15 is 0 Å². The average molecular weight is 580 g/mol. The largest absolute Gasteiger partial charge is 0.382 e. The fourth-order valence-electron chi connectivity index (χ4n) is 4.73. The van der Waals surface area contributed by atoms with Crippen LogP contribution in [0.3, 0.4) is 0 Å². The maximum Gasteiger partial charge on any atom is 0.123 e. The summed E-state index contributed by atoms with van der Waals surface area (Å²) >= 11 is 0. The molecule has 0 aliphatic heterocycles. The van der Waals surface area contributed by atoms with Gasteiger partial charge < -0.3 is 5.32 Å². The molecule has 0 radical (unpaired) electrons. The minimum Gasteiger partial charge on any atom is -0.382 e. The number of fused-ring (bicyclic) bond motifs is 2. The lowest BCUT2D eigenvalue weighted by Crippen LogP contribution is -2.13. The highest BCUT2D eigenvalue weighted by Crippen LogP contribution is 2.37. The molecule has 6 aromatic rings. The Bertz CT molecular complexity index is 2000. The zero-order chi connectivity index (χ0) is 30.3. The van der Waals surface area contributed by atoms with E-state index in [-0.39, 0.29) is 5.82 Å². The third kappa shape index (κ3) is 6.55. The van der Waals surface area contributed by atoms with Crippen LogP contribution in [-0.4, -0.2) is 6.04 Å². The van der Waals surface area contributed by atoms with Crippen molar-refractivity contribution in [2.75, 3.05) is 5.32 Å². The molecule has 0 spiro atoms. The summed E-state index contributed by atoms with van der Waals surface area (Å²) in [6.45, 7) is 4.35. The van der Waals surface area contributed by atoms with E-state index in [1.807, 2.05) is 66.7 Å². The van der Waals surface area contributed by atoms with Crippen LogP contribution in [0.15, 0.2) is 152 Å². The van der Waals surface area contributed by atoms with Crippen LogP contribution in [0.1, 0.15) is 20.3 Å². The molecule has 1 N–H and O–H groups in total. The lowest BCUT2D eigenvalue weighted by atomic mass is 10.1. The van der Waals surface area contributed by atoms with Crippen molar-refractivity contribution in [2.45, 2.75) is 26.3 Å². The van der Waals surface area contributed by atoms with E-state index in [0.29, 0.717) is 23.1 Å². The topological polar surface area (TPSA) is 86.2 Å². The third-order valence-corrected chi connectivity index (χ3v) is 7.29. The monoisotopic (exact) mass is 579 g/mol. The van der Waals surface area contributed by atoms with E-state index in [1.54, 1.807) is 24.3 Å².